The molecule has 4 heterocycles. The Morgan fingerprint density at radius 1 is 0.862 bits per heavy atom. The van der Waals surface area contributed by atoms with Gasteiger partial charge in [-0.1, -0.05) is 66.7 Å². The van der Waals surface area contributed by atoms with Crippen molar-refractivity contribution in [2.75, 3.05) is 13.1 Å². The highest BCUT2D eigenvalue weighted by Gasteiger charge is 2.46. The monoisotopic (exact) mass is 383 g/mol. The van der Waals surface area contributed by atoms with Gasteiger partial charge in [-0.2, -0.15) is 0 Å². The average molecular weight is 384 g/mol. The highest BCUT2D eigenvalue weighted by molar-refractivity contribution is 5.36. The molecule has 1 N–H and O–H groups in total. The molecule has 1 aromatic heterocycles. The largest absolute Gasteiger partial charge is 0.308 e. The summed E-state index contributed by atoms with van der Waals surface area (Å²) in [6, 6.07) is 27.3. The fraction of sp³-hybridized carbons (Fsp3) is 0.346. The number of pyridine rings is 1. The van der Waals surface area contributed by atoms with Crippen LogP contribution >= 0.6 is 0 Å². The van der Waals surface area contributed by atoms with Gasteiger partial charge in [0.1, 0.15) is 0 Å². The third kappa shape index (κ3) is 3.85. The first-order chi connectivity index (χ1) is 14.4. The molecule has 0 aliphatic carbocycles. The van der Waals surface area contributed by atoms with Crippen LogP contribution in [0.25, 0.3) is 0 Å². The number of piperidine rings is 3. The quantitative estimate of drug-likeness (QED) is 0.681. The molecule has 3 saturated heterocycles. The zero-order chi connectivity index (χ0) is 19.5. The molecule has 0 saturated carbocycles. The van der Waals surface area contributed by atoms with Crippen LogP contribution in [0.15, 0.2) is 85.2 Å². The van der Waals surface area contributed by atoms with E-state index in [0.29, 0.717) is 18.0 Å². The van der Waals surface area contributed by atoms with Crippen LogP contribution < -0.4 is 5.32 Å². The molecule has 3 fully saturated rings. The minimum Gasteiger partial charge on any atom is -0.308 e. The number of nitrogens with zero attached hydrogens (tertiary/aromatic N) is 2. The lowest BCUT2D eigenvalue weighted by atomic mass is 9.70. The fourth-order valence-corrected chi connectivity index (χ4v) is 5.43. The molecule has 0 radical (unpaired) electrons. The number of nitrogens with one attached hydrogen (secondary N) is 1. The first-order valence-corrected chi connectivity index (χ1v) is 10.9. The van der Waals surface area contributed by atoms with Crippen molar-refractivity contribution in [3.8, 4) is 0 Å². The van der Waals surface area contributed by atoms with Crippen LogP contribution in [-0.4, -0.2) is 35.1 Å². The van der Waals surface area contributed by atoms with E-state index in [1.54, 1.807) is 0 Å². The molecular formula is C26H29N3. The Kier molecular flexibility index (Phi) is 5.42. The summed E-state index contributed by atoms with van der Waals surface area (Å²) in [6.07, 6.45) is 6.44. The summed E-state index contributed by atoms with van der Waals surface area (Å²) in [5.74, 6) is 1.13. The average Bonchev–Trinajstić information content (AvgIpc) is 2.81. The van der Waals surface area contributed by atoms with E-state index in [1.165, 1.54) is 42.6 Å². The lowest BCUT2D eigenvalue weighted by Gasteiger charge is -2.54. The van der Waals surface area contributed by atoms with Crippen LogP contribution in [0.1, 0.15) is 35.4 Å². The maximum atomic E-state index is 4.30. The number of hydrogen-bond acceptors (Lipinski definition) is 3. The smallest absolute Gasteiger partial charge is 0.0361 e. The van der Waals surface area contributed by atoms with Crippen molar-refractivity contribution in [3.63, 3.8) is 0 Å². The summed E-state index contributed by atoms with van der Waals surface area (Å²) in [6.45, 7) is 3.32. The van der Waals surface area contributed by atoms with Gasteiger partial charge in [-0.15, -0.1) is 0 Å². The predicted molar refractivity (Wildman–Crippen MR) is 118 cm³/mol. The Bertz CT molecular complexity index is 850. The summed E-state index contributed by atoms with van der Waals surface area (Å²) in [5.41, 5.74) is 4.10. The molecule has 3 aliphatic rings. The highest BCUT2D eigenvalue weighted by Crippen LogP contribution is 2.42. The van der Waals surface area contributed by atoms with E-state index in [1.807, 2.05) is 18.5 Å². The van der Waals surface area contributed by atoms with Crippen LogP contribution in [0.5, 0.6) is 0 Å². The minimum absolute atomic E-state index is 0.381. The third-order valence-electron chi connectivity index (χ3n) is 6.80. The van der Waals surface area contributed by atoms with E-state index in [0.717, 1.165) is 12.5 Å². The highest BCUT2D eigenvalue weighted by atomic mass is 15.2. The molecule has 3 aromatic rings. The number of fused-ring (bicyclic) bond motifs is 3. The van der Waals surface area contributed by atoms with Gasteiger partial charge in [-0.05, 0) is 54.6 Å². The maximum absolute atomic E-state index is 4.30. The first-order valence-electron chi connectivity index (χ1n) is 10.9. The Labute approximate surface area is 173 Å². The predicted octanol–water partition coefficient (Wildman–Crippen LogP) is 4.47. The molecule has 3 nitrogen and oxygen atoms in total. The van der Waals surface area contributed by atoms with Crippen LogP contribution in [0.4, 0.5) is 0 Å². The van der Waals surface area contributed by atoms with Gasteiger partial charge in [0, 0.05) is 36.9 Å². The lowest BCUT2D eigenvalue weighted by molar-refractivity contribution is 0.00467. The van der Waals surface area contributed by atoms with E-state index in [2.05, 4.69) is 81.9 Å². The SMILES string of the molecule is c1ccc(C(c2ccccc2)[C@H]2[C@H](NCc3cccnc3)C3CCN2CC3)cc1. The van der Waals surface area contributed by atoms with Crippen molar-refractivity contribution < 1.29 is 0 Å². The standard InChI is InChI=1S/C26H29N3/c1-3-9-21(10-4-1)24(22-11-5-2-6-12-22)26-25(23-13-16-29(26)17-14-23)28-19-20-8-7-15-27-18-20/h1-12,15,18,23-26,28H,13-14,16-17,19H2/t25-,26+/m1/s1. The van der Waals surface area contributed by atoms with E-state index >= 15 is 0 Å². The van der Waals surface area contributed by atoms with Gasteiger partial charge in [-0.25, -0.2) is 0 Å². The van der Waals surface area contributed by atoms with Gasteiger partial charge in [0.05, 0.1) is 0 Å². The molecule has 2 atom stereocenters. The first kappa shape index (κ1) is 18.5. The van der Waals surface area contributed by atoms with Crippen molar-refractivity contribution in [2.24, 2.45) is 5.92 Å². The van der Waals surface area contributed by atoms with Gasteiger partial charge in [0.25, 0.3) is 0 Å². The van der Waals surface area contributed by atoms with Gasteiger partial charge in [0.2, 0.25) is 0 Å². The molecule has 3 heteroatoms. The van der Waals surface area contributed by atoms with E-state index in [4.69, 9.17) is 0 Å². The topological polar surface area (TPSA) is 28.2 Å². The Morgan fingerprint density at radius 3 is 2.10 bits per heavy atom. The number of hydrogen-bond donors (Lipinski definition) is 1. The van der Waals surface area contributed by atoms with Crippen molar-refractivity contribution in [1.82, 2.24) is 15.2 Å². The molecule has 2 bridgehead atoms. The minimum atomic E-state index is 0.381. The summed E-state index contributed by atoms with van der Waals surface area (Å²) in [7, 11) is 0. The van der Waals surface area contributed by atoms with Crippen LogP contribution in [0, 0.1) is 5.92 Å². The summed E-state index contributed by atoms with van der Waals surface area (Å²) in [5, 5.41) is 3.96. The zero-order valence-electron chi connectivity index (χ0n) is 16.8. The van der Waals surface area contributed by atoms with Crippen molar-refractivity contribution in [3.05, 3.63) is 102 Å². The number of aromatic nitrogens is 1. The number of benzene rings is 2. The lowest BCUT2D eigenvalue weighted by Crippen LogP contribution is -2.64. The molecule has 148 valence electrons. The van der Waals surface area contributed by atoms with Gasteiger partial charge in [0.15, 0.2) is 0 Å². The van der Waals surface area contributed by atoms with Crippen molar-refractivity contribution in [1.29, 1.82) is 0 Å². The zero-order valence-corrected chi connectivity index (χ0v) is 16.8. The second-order valence-electron chi connectivity index (χ2n) is 8.43. The van der Waals surface area contributed by atoms with Crippen LogP contribution in [0.3, 0.4) is 0 Å². The molecule has 0 spiro atoms. The van der Waals surface area contributed by atoms with Crippen molar-refractivity contribution >= 4 is 0 Å². The second kappa shape index (κ2) is 8.48. The summed E-state index contributed by atoms with van der Waals surface area (Å²) in [4.78, 5) is 7.04. The number of rotatable bonds is 6. The van der Waals surface area contributed by atoms with E-state index < -0.39 is 0 Å². The molecule has 2 aromatic carbocycles. The Hall–Kier alpha value is -2.49. The molecule has 6 rings (SSSR count). The third-order valence-corrected chi connectivity index (χ3v) is 6.80. The Balaban J connectivity index is 1.50. The molecule has 3 aliphatic heterocycles. The van der Waals surface area contributed by atoms with Crippen LogP contribution in [-0.2, 0) is 6.54 Å². The Morgan fingerprint density at radius 2 is 1.52 bits per heavy atom. The molecular weight excluding hydrogens is 354 g/mol. The van der Waals surface area contributed by atoms with Gasteiger partial charge < -0.3 is 5.32 Å². The fourth-order valence-electron chi connectivity index (χ4n) is 5.43. The van der Waals surface area contributed by atoms with Gasteiger partial charge >= 0.3 is 0 Å². The molecule has 0 amide bonds. The van der Waals surface area contributed by atoms with E-state index in [-0.39, 0.29) is 0 Å². The maximum Gasteiger partial charge on any atom is 0.0361 e. The molecule has 0 unspecified atom stereocenters. The molecule has 29 heavy (non-hydrogen) atoms. The normalized spacial score (nSPS) is 26.0. The van der Waals surface area contributed by atoms with Crippen molar-refractivity contribution in [2.45, 2.75) is 37.4 Å². The summed E-state index contributed by atoms with van der Waals surface area (Å²) >= 11 is 0. The van der Waals surface area contributed by atoms with Gasteiger partial charge in [-0.3, -0.25) is 9.88 Å². The second-order valence-corrected chi connectivity index (χ2v) is 8.43. The van der Waals surface area contributed by atoms with E-state index in [9.17, 15) is 0 Å². The summed E-state index contributed by atoms with van der Waals surface area (Å²) < 4.78 is 0. The van der Waals surface area contributed by atoms with Crippen LogP contribution in [0.2, 0.25) is 0 Å².